The molecule has 164 valence electrons. The van der Waals surface area contributed by atoms with E-state index in [1.807, 2.05) is 20.8 Å². The molecule has 0 saturated carbocycles. The van der Waals surface area contributed by atoms with E-state index < -0.39 is 0 Å². The van der Waals surface area contributed by atoms with Gasteiger partial charge in [0, 0.05) is 12.1 Å². The molecule has 0 aliphatic carbocycles. The van der Waals surface area contributed by atoms with E-state index in [-0.39, 0.29) is 23.6 Å². The number of hydrogen-bond donors (Lipinski definition) is 1. The van der Waals surface area contributed by atoms with Gasteiger partial charge < -0.3 is 19.5 Å². The van der Waals surface area contributed by atoms with Gasteiger partial charge in [-0.2, -0.15) is 0 Å². The minimum absolute atomic E-state index is 0.201. The van der Waals surface area contributed by atoms with Crippen LogP contribution in [-0.2, 0) is 9.59 Å². The fourth-order valence-electron chi connectivity index (χ4n) is 3.38. The third-order valence-electron chi connectivity index (χ3n) is 4.91. The van der Waals surface area contributed by atoms with Crippen molar-refractivity contribution < 1.29 is 23.8 Å². The predicted molar refractivity (Wildman–Crippen MR) is 119 cm³/mol. The van der Waals surface area contributed by atoms with Crippen LogP contribution >= 0.6 is 0 Å². The Morgan fingerprint density at radius 1 is 0.935 bits per heavy atom. The smallest absolute Gasteiger partial charge is 0.278 e. The molecule has 7 heteroatoms. The molecule has 1 N–H and O–H groups in total. The molecule has 0 spiro atoms. The molecular formula is C24H28N2O5. The fraction of sp³-hybridized carbons (Fsp3) is 0.333. The van der Waals surface area contributed by atoms with Gasteiger partial charge in [0.05, 0.1) is 32.1 Å². The summed E-state index contributed by atoms with van der Waals surface area (Å²) in [4.78, 5) is 27.7. The van der Waals surface area contributed by atoms with E-state index >= 15 is 0 Å². The standard InChI is InChI=1S/C24H28N2O5/c1-6-13-31-17-9-7-16(8-10-17)21-22(24(28)26(15(2)3)23(21)27)25-19-14-18(29-4)11-12-20(19)30-5/h7-12,14-15,25H,6,13H2,1-5H3. The molecule has 1 aliphatic rings. The molecule has 0 atom stereocenters. The van der Waals surface area contributed by atoms with E-state index in [1.165, 1.54) is 4.90 Å². The first-order valence-electron chi connectivity index (χ1n) is 10.3. The minimum Gasteiger partial charge on any atom is -0.497 e. The van der Waals surface area contributed by atoms with Crippen molar-refractivity contribution in [2.45, 2.75) is 33.2 Å². The summed E-state index contributed by atoms with van der Waals surface area (Å²) >= 11 is 0. The van der Waals surface area contributed by atoms with Crippen LogP contribution in [0.15, 0.2) is 48.2 Å². The average Bonchev–Trinajstić information content (AvgIpc) is 3.02. The Hall–Kier alpha value is -3.48. The van der Waals surface area contributed by atoms with Gasteiger partial charge in [-0.25, -0.2) is 0 Å². The van der Waals surface area contributed by atoms with Crippen LogP contribution in [0.5, 0.6) is 17.2 Å². The minimum atomic E-state index is -0.383. The quantitative estimate of drug-likeness (QED) is 0.611. The zero-order valence-electron chi connectivity index (χ0n) is 18.5. The maximum absolute atomic E-state index is 13.2. The molecular weight excluding hydrogens is 396 g/mol. The summed E-state index contributed by atoms with van der Waals surface area (Å²) in [5, 5.41) is 3.13. The van der Waals surface area contributed by atoms with Gasteiger partial charge in [-0.1, -0.05) is 19.1 Å². The zero-order chi connectivity index (χ0) is 22.5. The molecule has 3 rings (SSSR count). The molecule has 2 aromatic carbocycles. The van der Waals surface area contributed by atoms with E-state index in [4.69, 9.17) is 14.2 Å². The first-order valence-corrected chi connectivity index (χ1v) is 10.3. The van der Waals surface area contributed by atoms with Crippen LogP contribution < -0.4 is 19.5 Å². The van der Waals surface area contributed by atoms with Gasteiger partial charge in [0.15, 0.2) is 0 Å². The van der Waals surface area contributed by atoms with Crippen molar-refractivity contribution in [3.8, 4) is 17.2 Å². The number of nitrogens with zero attached hydrogens (tertiary/aromatic N) is 1. The molecule has 2 aromatic rings. The number of benzene rings is 2. The highest BCUT2D eigenvalue weighted by Gasteiger charge is 2.40. The van der Waals surface area contributed by atoms with Crippen molar-refractivity contribution in [2.75, 3.05) is 26.1 Å². The molecule has 0 aromatic heterocycles. The number of nitrogens with one attached hydrogen (secondary N) is 1. The molecule has 31 heavy (non-hydrogen) atoms. The largest absolute Gasteiger partial charge is 0.497 e. The van der Waals surface area contributed by atoms with Crippen molar-refractivity contribution in [2.24, 2.45) is 0 Å². The van der Waals surface area contributed by atoms with Crippen LogP contribution in [0.4, 0.5) is 5.69 Å². The van der Waals surface area contributed by atoms with Crippen molar-refractivity contribution in [1.29, 1.82) is 0 Å². The normalized spacial score (nSPS) is 13.8. The zero-order valence-corrected chi connectivity index (χ0v) is 18.5. The Morgan fingerprint density at radius 2 is 1.61 bits per heavy atom. The maximum Gasteiger partial charge on any atom is 0.278 e. The summed E-state index contributed by atoms with van der Waals surface area (Å²) < 4.78 is 16.3. The second-order valence-electron chi connectivity index (χ2n) is 7.39. The Bertz CT molecular complexity index is 996. The topological polar surface area (TPSA) is 77.1 Å². The summed E-state index contributed by atoms with van der Waals surface area (Å²) in [5.41, 5.74) is 1.68. The summed E-state index contributed by atoms with van der Waals surface area (Å²) in [6.45, 7) is 6.27. The Labute approximate surface area is 182 Å². The highest BCUT2D eigenvalue weighted by atomic mass is 16.5. The van der Waals surface area contributed by atoms with Crippen LogP contribution in [0.1, 0.15) is 32.8 Å². The van der Waals surface area contributed by atoms with Crippen molar-refractivity contribution in [3.05, 3.63) is 53.7 Å². The number of imide groups is 1. The van der Waals surface area contributed by atoms with E-state index in [9.17, 15) is 9.59 Å². The first kappa shape index (κ1) is 22.2. The number of hydrogen-bond acceptors (Lipinski definition) is 6. The van der Waals surface area contributed by atoms with Crippen molar-refractivity contribution >= 4 is 23.1 Å². The van der Waals surface area contributed by atoms with E-state index in [1.54, 1.807) is 56.7 Å². The number of methoxy groups -OCH3 is 2. The molecule has 2 amide bonds. The van der Waals surface area contributed by atoms with Gasteiger partial charge in [0.1, 0.15) is 22.9 Å². The highest BCUT2D eigenvalue weighted by molar-refractivity contribution is 6.36. The van der Waals surface area contributed by atoms with Crippen LogP contribution in [0.25, 0.3) is 5.57 Å². The number of anilines is 1. The number of rotatable bonds is 9. The van der Waals surface area contributed by atoms with Gasteiger partial charge >= 0.3 is 0 Å². The molecule has 0 saturated heterocycles. The third kappa shape index (κ3) is 4.50. The molecule has 0 radical (unpaired) electrons. The molecule has 0 fully saturated rings. The van der Waals surface area contributed by atoms with Crippen LogP contribution in [0.2, 0.25) is 0 Å². The lowest BCUT2D eigenvalue weighted by atomic mass is 10.0. The van der Waals surface area contributed by atoms with Crippen LogP contribution in [0, 0.1) is 0 Å². The molecule has 1 heterocycles. The van der Waals surface area contributed by atoms with Gasteiger partial charge in [-0.15, -0.1) is 0 Å². The molecule has 1 aliphatic heterocycles. The number of amides is 2. The highest BCUT2D eigenvalue weighted by Crippen LogP contribution is 2.36. The Kier molecular flexibility index (Phi) is 6.84. The lowest BCUT2D eigenvalue weighted by molar-refractivity contribution is -0.138. The van der Waals surface area contributed by atoms with Crippen molar-refractivity contribution in [1.82, 2.24) is 4.90 Å². The average molecular weight is 424 g/mol. The lowest BCUT2D eigenvalue weighted by Crippen LogP contribution is -2.38. The number of carbonyl (C=O) groups is 2. The molecule has 0 bridgehead atoms. The van der Waals surface area contributed by atoms with Gasteiger partial charge in [0.25, 0.3) is 11.8 Å². The van der Waals surface area contributed by atoms with Gasteiger partial charge in [-0.05, 0) is 50.1 Å². The van der Waals surface area contributed by atoms with Gasteiger partial charge in [0.2, 0.25) is 0 Å². The van der Waals surface area contributed by atoms with Crippen LogP contribution in [-0.4, -0.2) is 43.6 Å². The summed E-state index contributed by atoms with van der Waals surface area (Å²) in [6.07, 6.45) is 0.902. The SMILES string of the molecule is CCCOc1ccc(C2=C(Nc3cc(OC)ccc3OC)C(=O)N(C(C)C)C2=O)cc1. The number of carbonyl (C=O) groups excluding carboxylic acids is 2. The summed E-state index contributed by atoms with van der Waals surface area (Å²) in [6, 6.07) is 12.1. The van der Waals surface area contributed by atoms with Gasteiger partial charge in [-0.3, -0.25) is 14.5 Å². The Morgan fingerprint density at radius 3 is 2.19 bits per heavy atom. The second kappa shape index (κ2) is 9.55. The maximum atomic E-state index is 13.2. The second-order valence-corrected chi connectivity index (χ2v) is 7.39. The first-order chi connectivity index (χ1) is 14.9. The predicted octanol–water partition coefficient (Wildman–Crippen LogP) is 4.09. The van der Waals surface area contributed by atoms with Crippen molar-refractivity contribution in [3.63, 3.8) is 0 Å². The Balaban J connectivity index is 2.07. The van der Waals surface area contributed by atoms with Crippen LogP contribution in [0.3, 0.4) is 0 Å². The molecule has 7 nitrogen and oxygen atoms in total. The fourth-order valence-corrected chi connectivity index (χ4v) is 3.38. The summed E-state index contributed by atoms with van der Waals surface area (Å²) in [5.74, 6) is 1.12. The van der Waals surface area contributed by atoms with E-state index in [2.05, 4.69) is 5.32 Å². The summed E-state index contributed by atoms with van der Waals surface area (Å²) in [7, 11) is 3.10. The lowest BCUT2D eigenvalue weighted by Gasteiger charge is -2.19. The van der Waals surface area contributed by atoms with E-state index in [0.717, 1.165) is 6.42 Å². The number of ether oxygens (including phenoxy) is 3. The van der Waals surface area contributed by atoms with E-state index in [0.29, 0.717) is 40.7 Å². The third-order valence-corrected chi connectivity index (χ3v) is 4.91. The monoisotopic (exact) mass is 424 g/mol. The molecule has 0 unspecified atom stereocenters.